The van der Waals surface area contributed by atoms with Gasteiger partial charge in [0, 0.05) is 27.9 Å². The SMILES string of the molecule is Cc1cc(-n2c(C)cc3c(-c4nc5ccc(F)cc5[nH]4)cccc32)ccc1C(N)=O. The quantitative estimate of drug-likeness (QED) is 0.447. The van der Waals surface area contributed by atoms with Crippen LogP contribution in [0.15, 0.2) is 60.7 Å². The number of aryl methyl sites for hydroxylation is 2. The molecule has 0 fully saturated rings. The smallest absolute Gasteiger partial charge is 0.248 e. The molecule has 0 spiro atoms. The number of nitrogens with two attached hydrogens (primary N) is 1. The van der Waals surface area contributed by atoms with Crippen molar-refractivity contribution in [2.45, 2.75) is 13.8 Å². The summed E-state index contributed by atoms with van der Waals surface area (Å²) in [5.74, 6) is -0.0389. The van der Waals surface area contributed by atoms with E-state index in [2.05, 4.69) is 20.6 Å². The first-order valence-electron chi connectivity index (χ1n) is 9.60. The maximum absolute atomic E-state index is 13.6. The van der Waals surface area contributed by atoms with Crippen molar-refractivity contribution < 1.29 is 9.18 Å². The van der Waals surface area contributed by atoms with Crippen molar-refractivity contribution in [3.8, 4) is 17.1 Å². The lowest BCUT2D eigenvalue weighted by Crippen LogP contribution is -2.13. The molecular formula is C24H19FN4O. The number of imidazole rings is 1. The third-order valence-electron chi connectivity index (χ3n) is 5.46. The van der Waals surface area contributed by atoms with Gasteiger partial charge in [-0.1, -0.05) is 12.1 Å². The Balaban J connectivity index is 1.70. The van der Waals surface area contributed by atoms with Crippen LogP contribution in [0.25, 0.3) is 39.0 Å². The molecule has 0 unspecified atom stereocenters. The van der Waals surface area contributed by atoms with Crippen LogP contribution in [0.5, 0.6) is 0 Å². The first-order valence-corrected chi connectivity index (χ1v) is 9.60. The Hall–Kier alpha value is -3.93. The lowest BCUT2D eigenvalue weighted by atomic mass is 10.1. The van der Waals surface area contributed by atoms with E-state index in [0.29, 0.717) is 16.9 Å². The van der Waals surface area contributed by atoms with Crippen molar-refractivity contribution in [3.63, 3.8) is 0 Å². The summed E-state index contributed by atoms with van der Waals surface area (Å²) < 4.78 is 15.7. The molecule has 0 aliphatic rings. The molecule has 5 rings (SSSR count). The van der Waals surface area contributed by atoms with E-state index in [9.17, 15) is 9.18 Å². The second-order valence-corrected chi connectivity index (χ2v) is 7.47. The number of rotatable bonds is 3. The van der Waals surface area contributed by atoms with Crippen LogP contribution in [0.4, 0.5) is 4.39 Å². The molecule has 2 aromatic heterocycles. The van der Waals surface area contributed by atoms with Crippen molar-refractivity contribution in [2.75, 3.05) is 0 Å². The minimum atomic E-state index is -0.434. The van der Waals surface area contributed by atoms with E-state index >= 15 is 0 Å². The number of aromatic nitrogens is 3. The molecule has 5 nitrogen and oxygen atoms in total. The van der Waals surface area contributed by atoms with Gasteiger partial charge in [0.05, 0.1) is 16.6 Å². The van der Waals surface area contributed by atoms with Crippen molar-refractivity contribution in [1.29, 1.82) is 0 Å². The van der Waals surface area contributed by atoms with Crippen LogP contribution in [-0.2, 0) is 0 Å². The maximum atomic E-state index is 13.6. The number of H-pyrrole nitrogens is 1. The summed E-state index contributed by atoms with van der Waals surface area (Å²) in [5.41, 5.74) is 12.1. The van der Waals surface area contributed by atoms with Gasteiger partial charge in [-0.15, -0.1) is 0 Å². The van der Waals surface area contributed by atoms with Gasteiger partial charge < -0.3 is 15.3 Å². The number of fused-ring (bicyclic) bond motifs is 2. The molecule has 3 aromatic carbocycles. The summed E-state index contributed by atoms with van der Waals surface area (Å²) in [6.07, 6.45) is 0. The molecule has 0 aliphatic carbocycles. The minimum absolute atomic E-state index is 0.298. The summed E-state index contributed by atoms with van der Waals surface area (Å²) in [5, 5.41) is 1.03. The van der Waals surface area contributed by atoms with E-state index < -0.39 is 5.91 Å². The van der Waals surface area contributed by atoms with Gasteiger partial charge in [0.15, 0.2) is 0 Å². The normalized spacial score (nSPS) is 11.4. The van der Waals surface area contributed by atoms with E-state index in [1.165, 1.54) is 12.1 Å². The van der Waals surface area contributed by atoms with Gasteiger partial charge in [-0.2, -0.15) is 0 Å². The molecule has 0 saturated carbocycles. The number of carbonyl (C=O) groups is 1. The molecule has 6 heteroatoms. The number of carbonyl (C=O) groups excluding carboxylic acids is 1. The Bertz CT molecular complexity index is 1460. The number of nitrogens with one attached hydrogen (secondary N) is 1. The zero-order valence-electron chi connectivity index (χ0n) is 16.5. The number of benzene rings is 3. The number of amides is 1. The second-order valence-electron chi connectivity index (χ2n) is 7.47. The average molecular weight is 398 g/mol. The summed E-state index contributed by atoms with van der Waals surface area (Å²) in [6, 6.07) is 18.3. The first-order chi connectivity index (χ1) is 14.4. The van der Waals surface area contributed by atoms with Crippen LogP contribution < -0.4 is 5.73 Å². The highest BCUT2D eigenvalue weighted by atomic mass is 19.1. The molecule has 0 aliphatic heterocycles. The fraction of sp³-hybridized carbons (Fsp3) is 0.0833. The Morgan fingerprint density at radius 2 is 1.90 bits per heavy atom. The molecule has 30 heavy (non-hydrogen) atoms. The molecule has 0 saturated heterocycles. The highest BCUT2D eigenvalue weighted by Gasteiger charge is 2.15. The molecule has 1 amide bonds. The predicted molar refractivity (Wildman–Crippen MR) is 116 cm³/mol. The molecule has 2 heterocycles. The fourth-order valence-electron chi connectivity index (χ4n) is 4.09. The van der Waals surface area contributed by atoms with Crippen LogP contribution in [0.2, 0.25) is 0 Å². The van der Waals surface area contributed by atoms with E-state index in [0.717, 1.165) is 38.9 Å². The Morgan fingerprint density at radius 1 is 1.07 bits per heavy atom. The highest BCUT2D eigenvalue weighted by molar-refractivity contribution is 5.97. The van der Waals surface area contributed by atoms with Crippen LogP contribution in [-0.4, -0.2) is 20.4 Å². The highest BCUT2D eigenvalue weighted by Crippen LogP contribution is 2.33. The average Bonchev–Trinajstić information content (AvgIpc) is 3.26. The molecule has 148 valence electrons. The van der Waals surface area contributed by atoms with Crippen LogP contribution in [0.3, 0.4) is 0 Å². The molecule has 0 radical (unpaired) electrons. The first kappa shape index (κ1) is 18.1. The molecule has 0 atom stereocenters. The molecule has 5 aromatic rings. The summed E-state index contributed by atoms with van der Waals surface area (Å²) in [7, 11) is 0. The lowest BCUT2D eigenvalue weighted by molar-refractivity contribution is 0.0999. The third-order valence-corrected chi connectivity index (χ3v) is 5.46. The second kappa shape index (κ2) is 6.56. The standard InChI is InChI=1S/C24H19FN4O/c1-13-10-16(7-8-17(13)23(26)30)29-14(2)11-19-18(4-3-5-22(19)29)24-27-20-9-6-15(25)12-21(20)28-24/h3-12H,1-2H3,(H2,26,30)(H,27,28). The number of primary amides is 1. The van der Waals surface area contributed by atoms with Gasteiger partial charge in [-0.3, -0.25) is 4.79 Å². The van der Waals surface area contributed by atoms with E-state index in [-0.39, 0.29) is 5.82 Å². The van der Waals surface area contributed by atoms with E-state index in [1.807, 2.05) is 44.2 Å². The van der Waals surface area contributed by atoms with Crippen molar-refractivity contribution in [3.05, 3.63) is 83.3 Å². The van der Waals surface area contributed by atoms with Crippen molar-refractivity contribution in [2.24, 2.45) is 5.73 Å². The number of hydrogen-bond acceptors (Lipinski definition) is 2. The minimum Gasteiger partial charge on any atom is -0.366 e. The zero-order valence-corrected chi connectivity index (χ0v) is 16.5. The fourth-order valence-corrected chi connectivity index (χ4v) is 4.09. The summed E-state index contributed by atoms with van der Waals surface area (Å²) in [6.45, 7) is 3.92. The molecule has 0 bridgehead atoms. The van der Waals surface area contributed by atoms with Crippen molar-refractivity contribution >= 4 is 27.8 Å². The van der Waals surface area contributed by atoms with Crippen LogP contribution >= 0.6 is 0 Å². The zero-order chi connectivity index (χ0) is 21.0. The monoisotopic (exact) mass is 398 g/mol. The number of aromatic amines is 1. The third kappa shape index (κ3) is 2.76. The van der Waals surface area contributed by atoms with Crippen LogP contribution in [0.1, 0.15) is 21.6 Å². The van der Waals surface area contributed by atoms with Crippen LogP contribution in [0, 0.1) is 19.7 Å². The Morgan fingerprint density at radius 3 is 2.67 bits per heavy atom. The predicted octanol–water partition coefficient (Wildman–Crippen LogP) is 5.03. The van der Waals surface area contributed by atoms with Gasteiger partial charge in [0.25, 0.3) is 0 Å². The van der Waals surface area contributed by atoms with Gasteiger partial charge >= 0.3 is 0 Å². The lowest BCUT2D eigenvalue weighted by Gasteiger charge is -2.11. The number of hydrogen-bond donors (Lipinski definition) is 2. The van der Waals surface area contributed by atoms with Gasteiger partial charge in [0.1, 0.15) is 11.6 Å². The number of halogens is 1. The number of nitrogens with zero attached hydrogens (tertiary/aromatic N) is 2. The summed E-state index contributed by atoms with van der Waals surface area (Å²) in [4.78, 5) is 19.5. The topological polar surface area (TPSA) is 76.7 Å². The Labute approximate surface area is 172 Å². The van der Waals surface area contributed by atoms with Gasteiger partial charge in [-0.05, 0) is 67.9 Å². The van der Waals surface area contributed by atoms with E-state index in [4.69, 9.17) is 5.73 Å². The van der Waals surface area contributed by atoms with E-state index in [1.54, 1.807) is 12.1 Å². The molecular weight excluding hydrogens is 379 g/mol. The van der Waals surface area contributed by atoms with Gasteiger partial charge in [0.2, 0.25) is 5.91 Å². The largest absolute Gasteiger partial charge is 0.366 e. The van der Waals surface area contributed by atoms with Gasteiger partial charge in [-0.25, -0.2) is 9.37 Å². The maximum Gasteiger partial charge on any atom is 0.248 e. The Kier molecular flexibility index (Phi) is 3.96. The molecule has 3 N–H and O–H groups in total. The van der Waals surface area contributed by atoms with Crippen molar-refractivity contribution in [1.82, 2.24) is 14.5 Å². The summed E-state index contributed by atoms with van der Waals surface area (Å²) >= 11 is 0.